The van der Waals surface area contributed by atoms with Crippen LogP contribution < -0.4 is 0 Å². The molecule has 0 aliphatic rings. The van der Waals surface area contributed by atoms with Gasteiger partial charge in [-0.2, -0.15) is 0 Å². The van der Waals surface area contributed by atoms with Crippen molar-refractivity contribution in [2.45, 2.75) is 118 Å². The number of hydrogen-bond donors (Lipinski definition) is 1. The summed E-state index contributed by atoms with van der Waals surface area (Å²) in [4.78, 5) is 12.7. The molecule has 33 heavy (non-hydrogen) atoms. The van der Waals surface area contributed by atoms with Gasteiger partial charge in [-0.05, 0) is 68.4 Å². The van der Waals surface area contributed by atoms with E-state index >= 15 is 0 Å². The zero-order valence-electron chi connectivity index (χ0n) is 23.2. The lowest BCUT2D eigenvalue weighted by Crippen LogP contribution is -2.23. The Hall–Kier alpha value is -2.09. The number of hydrogen-bond acceptors (Lipinski definition) is 1. The molecule has 1 N–H and O–H groups in total. The highest BCUT2D eigenvalue weighted by atomic mass is 16.4. The molecule has 0 aromatic heterocycles. The fourth-order valence-corrected chi connectivity index (χ4v) is 4.26. The summed E-state index contributed by atoms with van der Waals surface area (Å²) in [5.74, 6) is -0.861. The molecule has 0 heterocycles. The van der Waals surface area contributed by atoms with Gasteiger partial charge in [0.15, 0.2) is 0 Å². The van der Waals surface area contributed by atoms with Crippen LogP contribution in [0.2, 0.25) is 0 Å². The molecule has 0 aliphatic carbocycles. The minimum Gasteiger partial charge on any atom is -0.478 e. The van der Waals surface area contributed by atoms with Gasteiger partial charge in [0, 0.05) is 5.56 Å². The number of rotatable bonds is 6. The molecule has 182 valence electrons. The standard InChI is InChI=1S/C31H46O2/c1-13-30(9,10)20-15-16-22(24(18-20)31(11,12)14-2)26-23(27(32)33)17-21(28(3,4)5)19-25(26)29(6,7)8/h15-19H,13-14H2,1-12H3,(H,32,33). The van der Waals surface area contributed by atoms with Crippen molar-refractivity contribution < 1.29 is 9.90 Å². The van der Waals surface area contributed by atoms with Crippen molar-refractivity contribution in [2.75, 3.05) is 0 Å². The molecule has 0 amide bonds. The third kappa shape index (κ3) is 5.53. The molecule has 2 rings (SSSR count). The van der Waals surface area contributed by atoms with E-state index in [2.05, 4.69) is 107 Å². The highest BCUT2D eigenvalue weighted by molar-refractivity contribution is 5.98. The van der Waals surface area contributed by atoms with Crippen LogP contribution >= 0.6 is 0 Å². The van der Waals surface area contributed by atoms with Crippen LogP contribution in [0.4, 0.5) is 0 Å². The second-order valence-corrected chi connectivity index (χ2v) is 13.0. The van der Waals surface area contributed by atoms with Crippen molar-refractivity contribution in [1.29, 1.82) is 0 Å². The van der Waals surface area contributed by atoms with Crippen molar-refractivity contribution in [2.24, 2.45) is 0 Å². The third-order valence-electron chi connectivity index (χ3n) is 7.61. The molecule has 2 heteroatoms. The maximum absolute atomic E-state index is 12.7. The monoisotopic (exact) mass is 450 g/mol. The quantitative estimate of drug-likeness (QED) is 0.476. The first-order chi connectivity index (χ1) is 14.9. The van der Waals surface area contributed by atoms with Crippen molar-refractivity contribution in [3.05, 3.63) is 58.1 Å². The van der Waals surface area contributed by atoms with Crippen LogP contribution in [0.1, 0.15) is 129 Å². The molecule has 0 spiro atoms. The van der Waals surface area contributed by atoms with E-state index in [0.29, 0.717) is 5.56 Å². The second kappa shape index (κ2) is 8.93. The van der Waals surface area contributed by atoms with E-state index in [1.54, 1.807) is 0 Å². The molecule has 2 aromatic rings. The minimum absolute atomic E-state index is 0.0652. The molecular formula is C31H46O2. The zero-order valence-corrected chi connectivity index (χ0v) is 23.2. The van der Waals surface area contributed by atoms with Gasteiger partial charge in [-0.25, -0.2) is 4.79 Å². The Bertz CT molecular complexity index is 1020. The third-order valence-corrected chi connectivity index (χ3v) is 7.61. The predicted octanol–water partition coefficient (Wildman–Crippen LogP) is 9.02. The SMILES string of the molecule is CCC(C)(C)c1ccc(-c2c(C(=O)O)cc(C(C)(C)C)cc2C(C)(C)C)c(C(C)(C)CC)c1. The average molecular weight is 451 g/mol. The van der Waals surface area contributed by atoms with Crippen LogP contribution in [-0.4, -0.2) is 11.1 Å². The lowest BCUT2D eigenvalue weighted by Gasteiger charge is -2.34. The van der Waals surface area contributed by atoms with Gasteiger partial charge in [0.05, 0.1) is 5.56 Å². The van der Waals surface area contributed by atoms with Crippen molar-refractivity contribution >= 4 is 5.97 Å². The van der Waals surface area contributed by atoms with Crippen LogP contribution in [0.3, 0.4) is 0 Å². The number of carboxylic acids is 1. The molecule has 0 unspecified atom stereocenters. The smallest absolute Gasteiger partial charge is 0.336 e. The Morgan fingerprint density at radius 1 is 0.697 bits per heavy atom. The largest absolute Gasteiger partial charge is 0.478 e. The first-order valence-corrected chi connectivity index (χ1v) is 12.4. The van der Waals surface area contributed by atoms with E-state index in [9.17, 15) is 9.90 Å². The number of carboxylic acid groups (broad SMARTS) is 1. The summed E-state index contributed by atoms with van der Waals surface area (Å²) >= 11 is 0. The van der Waals surface area contributed by atoms with Crippen LogP contribution in [0.15, 0.2) is 30.3 Å². The van der Waals surface area contributed by atoms with Crippen LogP contribution in [0, 0.1) is 0 Å². The van der Waals surface area contributed by atoms with Gasteiger partial charge in [0.25, 0.3) is 0 Å². The molecule has 0 atom stereocenters. The van der Waals surface area contributed by atoms with Gasteiger partial charge in [0.2, 0.25) is 0 Å². The number of benzene rings is 2. The summed E-state index contributed by atoms with van der Waals surface area (Å²) in [6.45, 7) is 26.5. The summed E-state index contributed by atoms with van der Waals surface area (Å²) in [6.07, 6.45) is 2.02. The number of aromatic carboxylic acids is 1. The molecule has 0 bridgehead atoms. The van der Waals surface area contributed by atoms with Crippen LogP contribution in [0.5, 0.6) is 0 Å². The molecule has 2 nitrogen and oxygen atoms in total. The normalized spacial score (nSPS) is 13.3. The first kappa shape index (κ1) is 27.2. The van der Waals surface area contributed by atoms with Crippen molar-refractivity contribution in [3.63, 3.8) is 0 Å². The van der Waals surface area contributed by atoms with E-state index < -0.39 is 5.97 Å². The topological polar surface area (TPSA) is 37.3 Å². The summed E-state index contributed by atoms with van der Waals surface area (Å²) < 4.78 is 0. The summed E-state index contributed by atoms with van der Waals surface area (Å²) in [5, 5.41) is 10.4. The van der Waals surface area contributed by atoms with Gasteiger partial charge in [-0.1, -0.05) is 107 Å². The Labute approximate surface area is 202 Å². The molecule has 2 aromatic carbocycles. The Kier molecular flexibility index (Phi) is 7.35. The van der Waals surface area contributed by atoms with Crippen molar-refractivity contribution in [1.82, 2.24) is 0 Å². The predicted molar refractivity (Wildman–Crippen MR) is 143 cm³/mol. The fourth-order valence-electron chi connectivity index (χ4n) is 4.26. The lowest BCUT2D eigenvalue weighted by molar-refractivity contribution is 0.0697. The highest BCUT2D eigenvalue weighted by Crippen LogP contribution is 2.45. The van der Waals surface area contributed by atoms with Gasteiger partial charge in [0.1, 0.15) is 0 Å². The molecule has 0 radical (unpaired) electrons. The summed E-state index contributed by atoms with van der Waals surface area (Å²) in [5.41, 5.74) is 6.70. The van der Waals surface area contributed by atoms with E-state index in [1.165, 1.54) is 11.1 Å². The lowest BCUT2D eigenvalue weighted by atomic mass is 9.70. The van der Waals surface area contributed by atoms with E-state index in [1.807, 2.05) is 6.07 Å². The van der Waals surface area contributed by atoms with Gasteiger partial charge in [-0.15, -0.1) is 0 Å². The van der Waals surface area contributed by atoms with Crippen molar-refractivity contribution in [3.8, 4) is 11.1 Å². The number of carbonyl (C=O) groups is 1. The fraction of sp³-hybridized carbons (Fsp3) is 0.581. The van der Waals surface area contributed by atoms with Gasteiger partial charge >= 0.3 is 5.97 Å². The average Bonchev–Trinajstić information content (AvgIpc) is 2.70. The van der Waals surface area contributed by atoms with Crippen LogP contribution in [0.25, 0.3) is 11.1 Å². The van der Waals surface area contributed by atoms with E-state index in [0.717, 1.165) is 35.1 Å². The summed E-state index contributed by atoms with van der Waals surface area (Å²) in [7, 11) is 0. The maximum atomic E-state index is 12.7. The second-order valence-electron chi connectivity index (χ2n) is 13.0. The maximum Gasteiger partial charge on any atom is 0.336 e. The molecule has 0 fully saturated rings. The van der Waals surface area contributed by atoms with Gasteiger partial charge in [-0.3, -0.25) is 0 Å². The molecular weight excluding hydrogens is 404 g/mol. The molecule has 0 saturated carbocycles. The van der Waals surface area contributed by atoms with E-state index in [4.69, 9.17) is 0 Å². The molecule has 0 aliphatic heterocycles. The van der Waals surface area contributed by atoms with Crippen LogP contribution in [-0.2, 0) is 21.7 Å². The van der Waals surface area contributed by atoms with E-state index in [-0.39, 0.29) is 21.7 Å². The van der Waals surface area contributed by atoms with Gasteiger partial charge < -0.3 is 5.11 Å². The minimum atomic E-state index is -0.861. The first-order valence-electron chi connectivity index (χ1n) is 12.4. The Morgan fingerprint density at radius 2 is 1.21 bits per heavy atom. The Morgan fingerprint density at radius 3 is 1.64 bits per heavy atom. The summed E-state index contributed by atoms with van der Waals surface area (Å²) in [6, 6.07) is 10.9. The Balaban J connectivity index is 3.09. The molecule has 0 saturated heterocycles. The zero-order chi connectivity index (χ0) is 25.6. The highest BCUT2D eigenvalue weighted by Gasteiger charge is 2.32.